The molecule has 0 spiro atoms. The van der Waals surface area contributed by atoms with Gasteiger partial charge in [-0.25, -0.2) is 4.89 Å². The van der Waals surface area contributed by atoms with Gasteiger partial charge in [0.05, 0.1) is 7.11 Å². The number of phenolic OH excluding ortho intramolecular Hbond substituents is 2. The third-order valence-corrected chi connectivity index (χ3v) is 2.95. The van der Waals surface area contributed by atoms with E-state index in [9.17, 15) is 0 Å². The molecule has 0 fully saturated rings. The summed E-state index contributed by atoms with van der Waals surface area (Å²) in [5.74, 6) is 0.564. The van der Waals surface area contributed by atoms with Crippen molar-refractivity contribution in [1.82, 2.24) is 0 Å². The van der Waals surface area contributed by atoms with E-state index in [4.69, 9.17) is 15.5 Å². The minimum atomic E-state index is 0.282. The van der Waals surface area contributed by atoms with E-state index in [-0.39, 0.29) is 11.5 Å². The molecular formula is C26H40O4. The molecule has 0 aliphatic carbocycles. The van der Waals surface area contributed by atoms with E-state index in [1.54, 1.807) is 24.3 Å². The fourth-order valence-corrected chi connectivity index (χ4v) is 1.85. The van der Waals surface area contributed by atoms with E-state index in [1.807, 2.05) is 102 Å². The number of hydrogen-bond donors (Lipinski definition) is 3. The second-order valence-electron chi connectivity index (χ2n) is 4.85. The van der Waals surface area contributed by atoms with Crippen LogP contribution in [0.4, 0.5) is 0 Å². The number of benzene rings is 3. The topological polar surface area (TPSA) is 69.9 Å². The van der Waals surface area contributed by atoms with Crippen molar-refractivity contribution in [3.05, 3.63) is 96.1 Å². The Morgan fingerprint density at radius 2 is 0.733 bits per heavy atom. The Morgan fingerprint density at radius 1 is 0.533 bits per heavy atom. The first-order chi connectivity index (χ1) is 14.7. The van der Waals surface area contributed by atoms with Crippen LogP contribution in [-0.2, 0) is 11.3 Å². The smallest absolute Gasteiger partial charge is 0.115 e. The minimum absolute atomic E-state index is 0.282. The molecule has 3 rings (SSSR count). The predicted molar refractivity (Wildman–Crippen MR) is 129 cm³/mol. The van der Waals surface area contributed by atoms with E-state index in [2.05, 4.69) is 4.89 Å². The lowest BCUT2D eigenvalue weighted by Gasteiger charge is -2.02. The molecule has 30 heavy (non-hydrogen) atoms. The molecule has 0 aliphatic heterocycles. The average molecular weight is 417 g/mol. The summed E-state index contributed by atoms with van der Waals surface area (Å²) in [6, 6.07) is 26.3. The lowest BCUT2D eigenvalue weighted by Crippen LogP contribution is -1.86. The summed E-state index contributed by atoms with van der Waals surface area (Å²) in [6.07, 6.45) is 0.806. The van der Waals surface area contributed by atoms with Gasteiger partial charge in [0.1, 0.15) is 11.5 Å². The van der Waals surface area contributed by atoms with Crippen LogP contribution in [0.3, 0.4) is 0 Å². The molecule has 168 valence electrons. The quantitative estimate of drug-likeness (QED) is 0.298. The number of aromatic hydroxyl groups is 2. The summed E-state index contributed by atoms with van der Waals surface area (Å²) in [6.45, 7) is 12.0. The Labute approximate surface area is 183 Å². The molecule has 3 aromatic rings. The zero-order valence-corrected chi connectivity index (χ0v) is 19.5. The average Bonchev–Trinajstić information content (AvgIpc) is 2.83. The number of phenols is 2. The van der Waals surface area contributed by atoms with Crippen molar-refractivity contribution < 1.29 is 20.4 Å². The first kappa shape index (κ1) is 31.9. The van der Waals surface area contributed by atoms with Crippen LogP contribution in [-0.4, -0.2) is 22.6 Å². The van der Waals surface area contributed by atoms with Crippen LogP contribution in [0.15, 0.2) is 84.9 Å². The highest BCUT2D eigenvalue weighted by atomic mass is 17.1. The Balaban J connectivity index is -0.000000404. The highest BCUT2D eigenvalue weighted by molar-refractivity contribution is 5.33. The van der Waals surface area contributed by atoms with E-state index < -0.39 is 0 Å². The van der Waals surface area contributed by atoms with Crippen molar-refractivity contribution in [2.75, 3.05) is 7.11 Å². The monoisotopic (exact) mass is 416 g/mol. The zero-order chi connectivity index (χ0) is 23.6. The van der Waals surface area contributed by atoms with Gasteiger partial charge in [-0.15, -0.1) is 0 Å². The Morgan fingerprint density at radius 3 is 0.933 bits per heavy atom. The summed E-state index contributed by atoms with van der Waals surface area (Å²) < 4.78 is 0. The highest BCUT2D eigenvalue weighted by Gasteiger charge is 1.96. The van der Waals surface area contributed by atoms with E-state index >= 15 is 0 Å². The highest BCUT2D eigenvalue weighted by Crippen LogP contribution is 2.16. The summed E-state index contributed by atoms with van der Waals surface area (Å²) >= 11 is 0. The lowest BCUT2D eigenvalue weighted by atomic mass is 10.1. The van der Waals surface area contributed by atoms with Crippen LogP contribution >= 0.6 is 0 Å². The van der Waals surface area contributed by atoms with Gasteiger partial charge in [0.2, 0.25) is 0 Å². The number of hydrogen-bond acceptors (Lipinski definition) is 4. The predicted octanol–water partition coefficient (Wildman–Crippen LogP) is 7.56. The third-order valence-electron chi connectivity index (χ3n) is 2.95. The molecule has 0 heterocycles. The van der Waals surface area contributed by atoms with Gasteiger partial charge in [0.15, 0.2) is 0 Å². The molecule has 4 nitrogen and oxygen atoms in total. The molecule has 3 aromatic carbocycles. The summed E-state index contributed by atoms with van der Waals surface area (Å²) in [5, 5.41) is 25.3. The molecule has 0 aromatic heterocycles. The maximum Gasteiger partial charge on any atom is 0.115 e. The first-order valence-corrected chi connectivity index (χ1v) is 10.4. The van der Waals surface area contributed by atoms with Crippen molar-refractivity contribution in [2.24, 2.45) is 0 Å². The summed E-state index contributed by atoms with van der Waals surface area (Å²) in [7, 11) is 1.18. The fourth-order valence-electron chi connectivity index (χ4n) is 1.85. The van der Waals surface area contributed by atoms with Gasteiger partial charge < -0.3 is 10.2 Å². The zero-order valence-electron chi connectivity index (χ0n) is 19.5. The van der Waals surface area contributed by atoms with Crippen molar-refractivity contribution >= 4 is 0 Å². The van der Waals surface area contributed by atoms with Gasteiger partial charge in [0.25, 0.3) is 0 Å². The summed E-state index contributed by atoms with van der Waals surface area (Å²) in [4.78, 5) is 3.25. The van der Waals surface area contributed by atoms with Crippen molar-refractivity contribution in [2.45, 2.75) is 48.0 Å². The van der Waals surface area contributed by atoms with Gasteiger partial charge in [-0.1, -0.05) is 102 Å². The Kier molecular flexibility index (Phi) is 27.8. The molecule has 0 saturated carbocycles. The molecule has 0 saturated heterocycles. The maximum atomic E-state index is 9.13. The minimum Gasteiger partial charge on any atom is -0.508 e. The van der Waals surface area contributed by atoms with Crippen molar-refractivity contribution in [3.8, 4) is 11.5 Å². The molecule has 0 amide bonds. The molecular weight excluding hydrogens is 376 g/mol. The second kappa shape index (κ2) is 26.2. The van der Waals surface area contributed by atoms with Crippen LogP contribution in [0, 0.1) is 0 Å². The largest absolute Gasteiger partial charge is 0.508 e. The fraction of sp³-hybridized carbons (Fsp3) is 0.308. The molecule has 0 unspecified atom stereocenters. The molecule has 3 N–H and O–H groups in total. The summed E-state index contributed by atoms with van der Waals surface area (Å²) in [5.41, 5.74) is 2.27. The lowest BCUT2D eigenvalue weighted by molar-refractivity contribution is -0.214. The Bertz CT molecular complexity index is 581. The van der Waals surface area contributed by atoms with Gasteiger partial charge in [-0.2, -0.15) is 0 Å². The van der Waals surface area contributed by atoms with Crippen LogP contribution < -0.4 is 0 Å². The third kappa shape index (κ3) is 19.9. The molecule has 4 heteroatoms. The molecule has 0 radical (unpaired) electrons. The Hall–Kier alpha value is -2.82. The van der Waals surface area contributed by atoms with E-state index in [1.165, 1.54) is 7.11 Å². The maximum absolute atomic E-state index is 9.13. The second-order valence-corrected chi connectivity index (χ2v) is 4.85. The standard InChI is InChI=1S/C13H12O2.C6H6.3C2H6.CH4O2/c14-12-5-1-10(2-6-12)9-11-3-7-13(15)8-4-11;1-2-4-6-5-3-1;3*1-2;1-3-2/h1-8,14-15H,9H2;1-6H;3*1-2H3;2H,1H3. The van der Waals surface area contributed by atoms with Crippen LogP contribution in [0.5, 0.6) is 11.5 Å². The van der Waals surface area contributed by atoms with Gasteiger partial charge >= 0.3 is 0 Å². The van der Waals surface area contributed by atoms with Crippen molar-refractivity contribution in [3.63, 3.8) is 0 Å². The van der Waals surface area contributed by atoms with E-state index in [0.29, 0.717) is 0 Å². The van der Waals surface area contributed by atoms with Crippen LogP contribution in [0.2, 0.25) is 0 Å². The van der Waals surface area contributed by atoms with E-state index in [0.717, 1.165) is 17.5 Å². The van der Waals surface area contributed by atoms with Gasteiger partial charge in [-0.05, 0) is 41.8 Å². The van der Waals surface area contributed by atoms with Crippen LogP contribution in [0.25, 0.3) is 0 Å². The van der Waals surface area contributed by atoms with Crippen molar-refractivity contribution in [1.29, 1.82) is 0 Å². The molecule has 0 atom stereocenters. The van der Waals surface area contributed by atoms with Gasteiger partial charge in [0, 0.05) is 0 Å². The SMILES string of the molecule is CC.CC.CC.COO.Oc1ccc(Cc2ccc(O)cc2)cc1.c1ccccc1. The molecule has 0 aliphatic rings. The molecule has 0 bridgehead atoms. The normalized spacial score (nSPS) is 7.87. The first-order valence-electron chi connectivity index (χ1n) is 10.4. The number of rotatable bonds is 2. The van der Waals surface area contributed by atoms with Gasteiger partial charge in [-0.3, -0.25) is 5.26 Å². The van der Waals surface area contributed by atoms with Crippen LogP contribution in [0.1, 0.15) is 52.7 Å².